The lowest BCUT2D eigenvalue weighted by molar-refractivity contribution is 0.268. The van der Waals surface area contributed by atoms with E-state index in [0.717, 1.165) is 18.4 Å². The lowest BCUT2D eigenvalue weighted by Gasteiger charge is -2.17. The molecule has 0 fully saturated rings. The van der Waals surface area contributed by atoms with Crippen molar-refractivity contribution in [1.29, 1.82) is 0 Å². The Morgan fingerprint density at radius 2 is 2.25 bits per heavy atom. The van der Waals surface area contributed by atoms with Gasteiger partial charge in [-0.25, -0.2) is 0 Å². The zero-order valence-electron chi connectivity index (χ0n) is 6.51. The van der Waals surface area contributed by atoms with Gasteiger partial charge in [-0.3, -0.25) is 0 Å². The van der Waals surface area contributed by atoms with Gasteiger partial charge < -0.3 is 9.84 Å². The summed E-state index contributed by atoms with van der Waals surface area (Å²) in [7, 11) is 0. The van der Waals surface area contributed by atoms with Crippen LogP contribution in [-0.2, 0) is 6.42 Å². The molecule has 0 aromatic heterocycles. The van der Waals surface area contributed by atoms with Gasteiger partial charge in [0.05, 0.1) is 6.61 Å². The third-order valence-corrected chi connectivity index (χ3v) is 2.00. The van der Waals surface area contributed by atoms with Gasteiger partial charge in [-0.1, -0.05) is 6.07 Å². The van der Waals surface area contributed by atoms with Gasteiger partial charge in [0.25, 0.3) is 0 Å². The van der Waals surface area contributed by atoms with Gasteiger partial charge in [-0.15, -0.1) is 0 Å². The maximum Gasteiger partial charge on any atom is 0.206 e. The number of phenolic OH excluding ortho intramolecular Hbond substituents is 1. The number of rotatable bonds is 0. The van der Waals surface area contributed by atoms with Crippen molar-refractivity contribution in [2.75, 3.05) is 6.61 Å². The van der Waals surface area contributed by atoms with Crippen LogP contribution in [0.2, 0.25) is 0 Å². The monoisotopic (exact) mass is 168 g/mol. The van der Waals surface area contributed by atoms with Gasteiger partial charge in [0.1, 0.15) is 0 Å². The number of benzene rings is 1. The molecule has 0 atom stereocenters. The highest BCUT2D eigenvalue weighted by atomic mass is 19.1. The highest BCUT2D eigenvalue weighted by Gasteiger charge is 2.17. The minimum absolute atomic E-state index is 0.223. The standard InChI is InChI=1S/C9H9FO2/c10-8-7(11)4-3-6-2-1-5-12-9(6)8/h3-4,11H,1-2,5H2. The van der Waals surface area contributed by atoms with E-state index in [1.165, 1.54) is 6.07 Å². The van der Waals surface area contributed by atoms with E-state index in [1.54, 1.807) is 6.07 Å². The van der Waals surface area contributed by atoms with Crippen molar-refractivity contribution in [3.8, 4) is 11.5 Å². The first-order chi connectivity index (χ1) is 5.79. The molecule has 0 amide bonds. The predicted octanol–water partition coefficient (Wildman–Crippen LogP) is 1.86. The number of hydrogen-bond acceptors (Lipinski definition) is 2. The van der Waals surface area contributed by atoms with E-state index in [0.29, 0.717) is 6.61 Å². The first-order valence-corrected chi connectivity index (χ1v) is 3.92. The Balaban J connectivity index is 2.54. The summed E-state index contributed by atoms with van der Waals surface area (Å²) in [6, 6.07) is 3.07. The van der Waals surface area contributed by atoms with Crippen LogP contribution >= 0.6 is 0 Å². The molecule has 0 aliphatic carbocycles. The first-order valence-electron chi connectivity index (χ1n) is 3.92. The number of hydrogen-bond donors (Lipinski definition) is 1. The van der Waals surface area contributed by atoms with Crippen LogP contribution in [-0.4, -0.2) is 11.7 Å². The minimum Gasteiger partial charge on any atom is -0.505 e. The van der Waals surface area contributed by atoms with Crippen LogP contribution in [0, 0.1) is 5.82 Å². The SMILES string of the molecule is Oc1ccc2c(c1F)OCCC2. The lowest BCUT2D eigenvalue weighted by atomic mass is 10.1. The molecule has 1 aliphatic rings. The topological polar surface area (TPSA) is 29.5 Å². The van der Waals surface area contributed by atoms with Crippen LogP contribution in [0.25, 0.3) is 0 Å². The van der Waals surface area contributed by atoms with Crippen LogP contribution < -0.4 is 4.74 Å². The highest BCUT2D eigenvalue weighted by molar-refractivity contribution is 5.42. The molecule has 0 unspecified atom stereocenters. The number of ether oxygens (including phenoxy) is 1. The fraction of sp³-hybridized carbons (Fsp3) is 0.333. The van der Waals surface area contributed by atoms with Crippen molar-refractivity contribution in [3.05, 3.63) is 23.5 Å². The molecule has 64 valence electrons. The Labute approximate surface area is 69.6 Å². The maximum atomic E-state index is 13.1. The van der Waals surface area contributed by atoms with E-state index in [1.807, 2.05) is 0 Å². The largest absolute Gasteiger partial charge is 0.505 e. The molecule has 12 heavy (non-hydrogen) atoms. The third kappa shape index (κ3) is 1.02. The normalized spacial score (nSPS) is 15.1. The van der Waals surface area contributed by atoms with Crippen molar-refractivity contribution < 1.29 is 14.2 Å². The Morgan fingerprint density at radius 1 is 1.42 bits per heavy atom. The predicted molar refractivity (Wildman–Crippen MR) is 41.9 cm³/mol. The summed E-state index contributed by atoms with van der Waals surface area (Å²) in [5.41, 5.74) is 0.844. The molecule has 1 heterocycles. The molecule has 0 saturated carbocycles. The molecule has 2 rings (SSSR count). The number of aryl methyl sites for hydroxylation is 1. The summed E-state index contributed by atoms with van der Waals surface area (Å²) >= 11 is 0. The molecule has 0 bridgehead atoms. The zero-order valence-corrected chi connectivity index (χ0v) is 6.51. The highest BCUT2D eigenvalue weighted by Crippen LogP contribution is 2.32. The van der Waals surface area contributed by atoms with Crippen molar-refractivity contribution in [2.45, 2.75) is 12.8 Å². The maximum absolute atomic E-state index is 13.1. The van der Waals surface area contributed by atoms with Gasteiger partial charge in [0.2, 0.25) is 5.82 Å². The van der Waals surface area contributed by atoms with Crippen LogP contribution in [0.5, 0.6) is 11.5 Å². The molecular formula is C9H9FO2. The Kier molecular flexibility index (Phi) is 1.64. The molecule has 3 heteroatoms. The molecule has 1 aliphatic heterocycles. The lowest BCUT2D eigenvalue weighted by Crippen LogP contribution is -2.09. The van der Waals surface area contributed by atoms with Gasteiger partial charge in [0.15, 0.2) is 11.5 Å². The molecular weight excluding hydrogens is 159 g/mol. The second-order valence-electron chi connectivity index (χ2n) is 2.84. The molecule has 1 aromatic carbocycles. The molecule has 0 spiro atoms. The third-order valence-electron chi connectivity index (χ3n) is 2.00. The van der Waals surface area contributed by atoms with E-state index in [-0.39, 0.29) is 11.5 Å². The van der Waals surface area contributed by atoms with Crippen molar-refractivity contribution in [2.24, 2.45) is 0 Å². The summed E-state index contributed by atoms with van der Waals surface area (Å²) in [6.07, 6.45) is 1.74. The number of halogens is 1. The molecule has 1 aromatic rings. The quantitative estimate of drug-likeness (QED) is 0.640. The van der Waals surface area contributed by atoms with Gasteiger partial charge in [-0.05, 0) is 24.5 Å². The van der Waals surface area contributed by atoms with Crippen molar-refractivity contribution >= 4 is 0 Å². The van der Waals surface area contributed by atoms with Crippen molar-refractivity contribution in [3.63, 3.8) is 0 Å². The van der Waals surface area contributed by atoms with E-state index in [9.17, 15) is 4.39 Å². The fourth-order valence-electron chi connectivity index (χ4n) is 1.38. The zero-order chi connectivity index (χ0) is 8.55. The summed E-state index contributed by atoms with van der Waals surface area (Å²) in [5, 5.41) is 9.02. The van der Waals surface area contributed by atoms with E-state index in [2.05, 4.69) is 0 Å². The number of aromatic hydroxyl groups is 1. The average molecular weight is 168 g/mol. The van der Waals surface area contributed by atoms with Crippen LogP contribution in [0.3, 0.4) is 0 Å². The van der Waals surface area contributed by atoms with Crippen LogP contribution in [0.4, 0.5) is 4.39 Å². The van der Waals surface area contributed by atoms with Crippen molar-refractivity contribution in [1.82, 2.24) is 0 Å². The second-order valence-corrected chi connectivity index (χ2v) is 2.84. The van der Waals surface area contributed by atoms with E-state index < -0.39 is 5.82 Å². The summed E-state index contributed by atoms with van der Waals surface area (Å²) in [5.74, 6) is -0.746. The molecule has 0 radical (unpaired) electrons. The van der Waals surface area contributed by atoms with Gasteiger partial charge in [0, 0.05) is 0 Å². The molecule has 1 N–H and O–H groups in total. The number of phenols is 1. The minimum atomic E-state index is -0.632. The van der Waals surface area contributed by atoms with E-state index in [4.69, 9.17) is 9.84 Å². The summed E-state index contributed by atoms with van der Waals surface area (Å²) in [6.45, 7) is 0.535. The Hall–Kier alpha value is -1.25. The van der Waals surface area contributed by atoms with Gasteiger partial charge >= 0.3 is 0 Å². The molecule has 0 saturated heterocycles. The smallest absolute Gasteiger partial charge is 0.206 e. The number of fused-ring (bicyclic) bond motifs is 1. The summed E-state index contributed by atoms with van der Waals surface area (Å²) in [4.78, 5) is 0. The van der Waals surface area contributed by atoms with Crippen LogP contribution in [0.1, 0.15) is 12.0 Å². The van der Waals surface area contributed by atoms with Gasteiger partial charge in [-0.2, -0.15) is 4.39 Å². The van der Waals surface area contributed by atoms with Crippen LogP contribution in [0.15, 0.2) is 12.1 Å². The average Bonchev–Trinajstić information content (AvgIpc) is 2.12. The molecule has 2 nitrogen and oxygen atoms in total. The Bertz CT molecular complexity index is 310. The second kappa shape index (κ2) is 2.66. The Morgan fingerprint density at radius 3 is 3.08 bits per heavy atom. The van der Waals surface area contributed by atoms with E-state index >= 15 is 0 Å². The fourth-order valence-corrected chi connectivity index (χ4v) is 1.38. The first kappa shape index (κ1) is 7.40. The summed E-state index contributed by atoms with van der Waals surface area (Å²) < 4.78 is 18.2.